The van der Waals surface area contributed by atoms with E-state index in [9.17, 15) is 8.42 Å². The number of fused-ring (bicyclic) bond motifs is 1. The Morgan fingerprint density at radius 3 is 2.19 bits per heavy atom. The van der Waals surface area contributed by atoms with E-state index in [1.165, 1.54) is 4.31 Å². The highest BCUT2D eigenvalue weighted by Gasteiger charge is 2.23. The second-order valence-corrected chi connectivity index (χ2v) is 9.08. The van der Waals surface area contributed by atoms with E-state index in [1.54, 1.807) is 36.4 Å². The number of sulfonamides is 1. The van der Waals surface area contributed by atoms with Crippen LogP contribution in [0.5, 0.6) is 0 Å². The fourth-order valence-electron chi connectivity index (χ4n) is 3.71. The van der Waals surface area contributed by atoms with Crippen LogP contribution in [0.1, 0.15) is 18.7 Å². The van der Waals surface area contributed by atoms with E-state index in [4.69, 9.17) is 5.73 Å². The van der Waals surface area contributed by atoms with Gasteiger partial charge in [0.15, 0.2) is 0 Å². The highest BCUT2D eigenvalue weighted by atomic mass is 32.2. The molecule has 0 aliphatic heterocycles. The Morgan fingerprint density at radius 1 is 0.839 bits per heavy atom. The quantitative estimate of drug-likeness (QED) is 0.398. The molecule has 6 heteroatoms. The maximum absolute atomic E-state index is 13.1. The van der Waals surface area contributed by atoms with Crippen LogP contribution in [-0.2, 0) is 10.0 Å². The maximum atomic E-state index is 13.1. The van der Waals surface area contributed by atoms with Gasteiger partial charge in [-0.05, 0) is 59.7 Å². The van der Waals surface area contributed by atoms with Gasteiger partial charge in [-0.25, -0.2) is 8.42 Å². The lowest BCUT2D eigenvalue weighted by molar-refractivity contribution is 0.592. The van der Waals surface area contributed by atoms with Gasteiger partial charge in [-0.1, -0.05) is 60.7 Å². The lowest BCUT2D eigenvalue weighted by Gasteiger charge is -2.23. The van der Waals surface area contributed by atoms with E-state index in [0.717, 1.165) is 22.0 Å². The van der Waals surface area contributed by atoms with Gasteiger partial charge >= 0.3 is 0 Å². The minimum absolute atomic E-state index is 0.238. The van der Waals surface area contributed by atoms with Gasteiger partial charge in [0.25, 0.3) is 10.0 Å². The molecule has 3 N–H and O–H groups in total. The monoisotopic (exact) mass is 431 g/mol. The number of nitrogens with zero attached hydrogens (tertiary/aromatic N) is 1. The van der Waals surface area contributed by atoms with Crippen molar-refractivity contribution in [3.8, 4) is 0 Å². The molecule has 0 saturated heterocycles. The average molecular weight is 432 g/mol. The molecule has 0 fully saturated rings. The first-order valence-corrected chi connectivity index (χ1v) is 11.6. The third-order valence-electron chi connectivity index (χ3n) is 5.25. The molecule has 0 aromatic heterocycles. The Bertz CT molecular complexity index is 1270. The summed E-state index contributed by atoms with van der Waals surface area (Å²) in [4.78, 5) is 0.238. The minimum atomic E-state index is -3.66. The third-order valence-corrected chi connectivity index (χ3v) is 7.17. The molecule has 158 valence electrons. The normalized spacial score (nSPS) is 12.5. The molecule has 0 bridgehead atoms. The first-order chi connectivity index (χ1) is 15.0. The van der Waals surface area contributed by atoms with E-state index >= 15 is 0 Å². The van der Waals surface area contributed by atoms with Crippen LogP contribution in [0.2, 0.25) is 0 Å². The van der Waals surface area contributed by atoms with Crippen LogP contribution in [0, 0.1) is 0 Å². The molecule has 4 aromatic rings. The molecule has 0 radical (unpaired) electrons. The molecular weight excluding hydrogens is 406 g/mol. The zero-order valence-electron chi connectivity index (χ0n) is 17.3. The molecule has 0 aliphatic carbocycles. The van der Waals surface area contributed by atoms with E-state index in [-0.39, 0.29) is 4.90 Å². The first kappa shape index (κ1) is 20.9. The topological polar surface area (TPSA) is 75.4 Å². The van der Waals surface area contributed by atoms with E-state index in [1.807, 2.05) is 55.5 Å². The molecule has 0 aliphatic rings. The van der Waals surface area contributed by atoms with Gasteiger partial charge in [0, 0.05) is 12.2 Å². The van der Waals surface area contributed by atoms with E-state index < -0.39 is 16.2 Å². The fraction of sp³-hybridized carbons (Fsp3) is 0.120. The Kier molecular flexibility index (Phi) is 5.93. The van der Waals surface area contributed by atoms with Crippen molar-refractivity contribution in [1.29, 1.82) is 0 Å². The zero-order chi connectivity index (χ0) is 21.8. The van der Waals surface area contributed by atoms with Crippen molar-refractivity contribution in [2.75, 3.05) is 16.2 Å². The Morgan fingerprint density at radius 2 is 1.48 bits per heavy atom. The maximum Gasteiger partial charge on any atom is 0.264 e. The van der Waals surface area contributed by atoms with E-state index in [2.05, 4.69) is 17.4 Å². The van der Waals surface area contributed by atoms with Gasteiger partial charge in [-0.3, -0.25) is 4.31 Å². The number of para-hydroxylation sites is 1. The van der Waals surface area contributed by atoms with Crippen molar-refractivity contribution in [1.82, 2.24) is 0 Å². The van der Waals surface area contributed by atoms with Gasteiger partial charge in [-0.2, -0.15) is 0 Å². The van der Waals surface area contributed by atoms with Gasteiger partial charge in [0.1, 0.15) is 6.17 Å². The van der Waals surface area contributed by atoms with Gasteiger partial charge in [0.05, 0.1) is 10.6 Å². The second kappa shape index (κ2) is 8.79. The van der Waals surface area contributed by atoms with Crippen LogP contribution in [0.15, 0.2) is 102 Å². The van der Waals surface area contributed by atoms with Crippen LogP contribution in [0.25, 0.3) is 10.8 Å². The molecule has 1 atom stereocenters. The molecule has 31 heavy (non-hydrogen) atoms. The SMILES string of the molecule is CCN(c1ccccc1)S(=O)(=O)c1ccc(NC(N)c2cccc3ccccc23)cc1. The van der Waals surface area contributed by atoms with Gasteiger partial charge < -0.3 is 11.1 Å². The van der Waals surface area contributed by atoms with Crippen molar-refractivity contribution in [3.63, 3.8) is 0 Å². The summed E-state index contributed by atoms with van der Waals surface area (Å²) in [6.07, 6.45) is -0.426. The Labute approximate surface area is 183 Å². The van der Waals surface area contributed by atoms with Crippen LogP contribution < -0.4 is 15.4 Å². The summed E-state index contributed by atoms with van der Waals surface area (Å²) in [5, 5.41) is 5.49. The van der Waals surface area contributed by atoms with Crippen molar-refractivity contribution in [2.24, 2.45) is 5.73 Å². The highest BCUT2D eigenvalue weighted by Crippen LogP contribution is 2.27. The molecule has 1 unspecified atom stereocenters. The van der Waals surface area contributed by atoms with Crippen molar-refractivity contribution in [2.45, 2.75) is 18.0 Å². The average Bonchev–Trinajstić information content (AvgIpc) is 2.80. The number of nitrogens with two attached hydrogens (primary N) is 1. The van der Waals surface area contributed by atoms with Gasteiger partial charge in [-0.15, -0.1) is 0 Å². The molecule has 5 nitrogen and oxygen atoms in total. The lowest BCUT2D eigenvalue weighted by Crippen LogP contribution is -2.30. The van der Waals surface area contributed by atoms with Crippen molar-refractivity contribution in [3.05, 3.63) is 103 Å². The standard InChI is InChI=1S/C25H25N3O2S/c1-2-28(21-11-4-3-5-12-21)31(29,30)22-17-15-20(16-18-22)27-25(26)24-14-8-10-19-9-6-7-13-23(19)24/h3-18,25,27H,2,26H2,1H3. The van der Waals surface area contributed by atoms with Crippen LogP contribution in [-0.4, -0.2) is 15.0 Å². The van der Waals surface area contributed by atoms with E-state index in [0.29, 0.717) is 12.2 Å². The summed E-state index contributed by atoms with van der Waals surface area (Å²) >= 11 is 0. The number of anilines is 2. The summed E-state index contributed by atoms with van der Waals surface area (Å²) in [7, 11) is -3.66. The molecule has 0 spiro atoms. The molecule has 4 aromatic carbocycles. The third kappa shape index (κ3) is 4.26. The van der Waals surface area contributed by atoms with Gasteiger partial charge in [0.2, 0.25) is 0 Å². The summed E-state index contributed by atoms with van der Waals surface area (Å²) in [5.41, 5.74) is 8.80. The predicted octanol–water partition coefficient (Wildman–Crippen LogP) is 5.12. The number of benzene rings is 4. The second-order valence-electron chi connectivity index (χ2n) is 7.22. The van der Waals surface area contributed by atoms with Crippen LogP contribution in [0.3, 0.4) is 0 Å². The van der Waals surface area contributed by atoms with Crippen LogP contribution >= 0.6 is 0 Å². The first-order valence-electron chi connectivity index (χ1n) is 10.2. The Hall–Kier alpha value is -3.35. The van der Waals surface area contributed by atoms with Crippen molar-refractivity contribution >= 4 is 32.2 Å². The van der Waals surface area contributed by atoms with Crippen LogP contribution in [0.4, 0.5) is 11.4 Å². The fourth-order valence-corrected chi connectivity index (χ4v) is 5.19. The largest absolute Gasteiger partial charge is 0.366 e. The minimum Gasteiger partial charge on any atom is -0.366 e. The Balaban J connectivity index is 1.56. The molecule has 0 heterocycles. The number of hydrogen-bond acceptors (Lipinski definition) is 4. The summed E-state index contributed by atoms with van der Waals surface area (Å²) in [5.74, 6) is 0. The molecule has 0 amide bonds. The van der Waals surface area contributed by atoms with Crippen molar-refractivity contribution < 1.29 is 8.42 Å². The summed E-state index contributed by atoms with van der Waals surface area (Å²) < 4.78 is 27.7. The molecule has 4 rings (SSSR count). The summed E-state index contributed by atoms with van der Waals surface area (Å²) in [6.45, 7) is 2.17. The number of rotatable bonds is 7. The number of hydrogen-bond donors (Lipinski definition) is 2. The lowest BCUT2D eigenvalue weighted by atomic mass is 10.0. The summed E-state index contributed by atoms with van der Waals surface area (Å²) in [6, 6.07) is 29.9. The highest BCUT2D eigenvalue weighted by molar-refractivity contribution is 7.92. The zero-order valence-corrected chi connectivity index (χ0v) is 18.1. The molecule has 0 saturated carbocycles. The predicted molar refractivity (Wildman–Crippen MR) is 128 cm³/mol. The smallest absolute Gasteiger partial charge is 0.264 e. The molecular formula is C25H25N3O2S. The number of nitrogens with one attached hydrogen (secondary N) is 1.